The summed E-state index contributed by atoms with van der Waals surface area (Å²) in [6.45, 7) is 6.64. The number of aromatic nitrogens is 2. The van der Waals surface area contributed by atoms with Gasteiger partial charge >= 0.3 is 5.97 Å². The lowest BCUT2D eigenvalue weighted by Crippen LogP contribution is -2.53. The van der Waals surface area contributed by atoms with Gasteiger partial charge in [-0.1, -0.05) is 0 Å². The van der Waals surface area contributed by atoms with Crippen LogP contribution in [-0.2, 0) is 16.1 Å². The lowest BCUT2D eigenvalue weighted by Gasteiger charge is -2.30. The third kappa shape index (κ3) is 4.55. The zero-order valence-corrected chi connectivity index (χ0v) is 15.9. The fourth-order valence-electron chi connectivity index (χ4n) is 1.94. The lowest BCUT2D eigenvalue weighted by atomic mass is 9.96. The summed E-state index contributed by atoms with van der Waals surface area (Å²) in [7, 11) is 1.42. The van der Waals surface area contributed by atoms with E-state index in [1.54, 1.807) is 6.33 Å². The molecule has 0 fully saturated rings. The van der Waals surface area contributed by atoms with Crippen LogP contribution in [0.15, 0.2) is 6.33 Å². The first-order chi connectivity index (χ1) is 8.80. The molecule has 0 aliphatic heterocycles. The zero-order valence-electron chi connectivity index (χ0n) is 11.5. The monoisotopic (exact) mass is 491 g/mol. The molecule has 0 radical (unpaired) electrons. The third-order valence-corrected chi connectivity index (χ3v) is 5.78. The van der Waals surface area contributed by atoms with E-state index >= 15 is 0 Å². The van der Waals surface area contributed by atoms with Crippen molar-refractivity contribution in [2.75, 3.05) is 7.11 Å². The highest BCUT2D eigenvalue weighted by molar-refractivity contribution is 14.1. The fourth-order valence-corrected chi connectivity index (χ4v) is 2.88. The molecule has 19 heavy (non-hydrogen) atoms. The fraction of sp³-hybridized carbons (Fsp3) is 0.667. The molecule has 1 aromatic heterocycles. The van der Waals surface area contributed by atoms with E-state index in [4.69, 9.17) is 4.74 Å². The van der Waals surface area contributed by atoms with Gasteiger partial charge in [0, 0.05) is 12.6 Å². The van der Waals surface area contributed by atoms with Crippen LogP contribution in [0.25, 0.3) is 0 Å². The smallest absolute Gasteiger partial charge is 0.325 e. The first kappa shape index (κ1) is 17.2. The van der Waals surface area contributed by atoms with Crippen LogP contribution >= 0.6 is 45.2 Å². The molecule has 0 saturated carbocycles. The number of carbonyl (C=O) groups is 1. The van der Waals surface area contributed by atoms with Gasteiger partial charge in [-0.3, -0.25) is 10.1 Å². The van der Waals surface area contributed by atoms with Crippen molar-refractivity contribution in [3.8, 4) is 0 Å². The minimum atomic E-state index is -0.679. The van der Waals surface area contributed by atoms with Crippen LogP contribution in [0.5, 0.6) is 0 Å². The maximum Gasteiger partial charge on any atom is 0.325 e. The Morgan fingerprint density at radius 1 is 1.58 bits per heavy atom. The number of halogens is 2. The number of imidazole rings is 1. The summed E-state index contributed by atoms with van der Waals surface area (Å²) in [5.41, 5.74) is -0.679. The molecule has 1 N–H and O–H groups in total. The molecule has 0 aromatic carbocycles. The van der Waals surface area contributed by atoms with Crippen molar-refractivity contribution < 1.29 is 9.53 Å². The molecule has 1 aromatic rings. The number of rotatable bonds is 6. The van der Waals surface area contributed by atoms with Crippen LogP contribution in [0.4, 0.5) is 0 Å². The van der Waals surface area contributed by atoms with E-state index in [-0.39, 0.29) is 12.0 Å². The van der Waals surface area contributed by atoms with Crippen LogP contribution in [0, 0.1) is 7.40 Å². The highest BCUT2D eigenvalue weighted by atomic mass is 127. The standard InChI is InChI=1S/C12H19I2N3O2/c1-8(2)16-12(3,11(18)19-4)5-6-17-7-15-9(13)10(17)14/h7-8,16H,5-6H2,1-4H3. The highest BCUT2D eigenvalue weighted by Gasteiger charge is 2.34. The second-order valence-corrected chi connectivity index (χ2v) is 6.94. The minimum Gasteiger partial charge on any atom is -0.468 e. The van der Waals surface area contributed by atoms with Gasteiger partial charge in [0.15, 0.2) is 0 Å². The molecule has 0 bridgehead atoms. The number of methoxy groups -OCH3 is 1. The Bertz CT molecular complexity index is 448. The zero-order chi connectivity index (χ0) is 14.6. The Hall–Kier alpha value is 0.100. The summed E-state index contributed by atoms with van der Waals surface area (Å²) in [6.07, 6.45) is 2.46. The molecular formula is C12H19I2N3O2. The van der Waals surface area contributed by atoms with Gasteiger partial charge in [-0.2, -0.15) is 0 Å². The van der Waals surface area contributed by atoms with Crippen molar-refractivity contribution in [3.63, 3.8) is 0 Å². The summed E-state index contributed by atoms with van der Waals surface area (Å²) >= 11 is 4.46. The summed E-state index contributed by atoms with van der Waals surface area (Å²) in [4.78, 5) is 16.2. The molecule has 0 spiro atoms. The Morgan fingerprint density at radius 3 is 2.63 bits per heavy atom. The number of hydrogen-bond acceptors (Lipinski definition) is 4. The van der Waals surface area contributed by atoms with E-state index in [9.17, 15) is 4.79 Å². The predicted molar refractivity (Wildman–Crippen MR) is 91.0 cm³/mol. The molecule has 1 atom stereocenters. The van der Waals surface area contributed by atoms with Crippen LogP contribution in [0.2, 0.25) is 0 Å². The quantitative estimate of drug-likeness (QED) is 0.491. The molecule has 0 amide bonds. The third-order valence-electron chi connectivity index (χ3n) is 2.83. The Kier molecular flexibility index (Phi) is 6.51. The maximum absolute atomic E-state index is 12.0. The maximum atomic E-state index is 12.0. The van der Waals surface area contributed by atoms with E-state index in [1.807, 2.05) is 25.3 Å². The lowest BCUT2D eigenvalue weighted by molar-refractivity contribution is -0.148. The van der Waals surface area contributed by atoms with Crippen LogP contribution in [0.1, 0.15) is 27.2 Å². The SMILES string of the molecule is COC(=O)C(C)(CCn1cnc(I)c1I)NC(C)C. The number of esters is 1. The van der Waals surface area contributed by atoms with Crippen LogP contribution < -0.4 is 5.32 Å². The van der Waals surface area contributed by atoms with Crippen molar-refractivity contribution in [2.24, 2.45) is 0 Å². The van der Waals surface area contributed by atoms with Crippen molar-refractivity contribution in [3.05, 3.63) is 13.7 Å². The van der Waals surface area contributed by atoms with Crippen molar-refractivity contribution in [1.29, 1.82) is 0 Å². The van der Waals surface area contributed by atoms with Gasteiger partial charge in [-0.15, -0.1) is 0 Å². The molecule has 0 saturated heterocycles. The van der Waals surface area contributed by atoms with Gasteiger partial charge in [0.2, 0.25) is 0 Å². The minimum absolute atomic E-state index is 0.214. The van der Waals surface area contributed by atoms with E-state index in [2.05, 4.69) is 55.5 Å². The molecular weight excluding hydrogens is 472 g/mol. The Morgan fingerprint density at radius 2 is 2.21 bits per heavy atom. The molecule has 108 valence electrons. The molecule has 7 heteroatoms. The number of carbonyl (C=O) groups excluding carboxylic acids is 1. The summed E-state index contributed by atoms with van der Waals surface area (Å²) in [6, 6.07) is 0.214. The van der Waals surface area contributed by atoms with Crippen LogP contribution in [0.3, 0.4) is 0 Å². The van der Waals surface area contributed by atoms with Crippen LogP contribution in [-0.4, -0.2) is 34.2 Å². The topological polar surface area (TPSA) is 56.2 Å². The molecule has 0 aliphatic rings. The van der Waals surface area contributed by atoms with E-state index in [0.717, 1.165) is 13.9 Å². The van der Waals surface area contributed by atoms with Crippen molar-refractivity contribution in [2.45, 2.75) is 45.3 Å². The summed E-state index contributed by atoms with van der Waals surface area (Å²) < 4.78 is 9.03. The number of ether oxygens (including phenoxy) is 1. The Balaban J connectivity index is 2.78. The van der Waals surface area contributed by atoms with Gasteiger partial charge in [0.25, 0.3) is 0 Å². The number of aryl methyl sites for hydroxylation is 1. The molecule has 5 nitrogen and oxygen atoms in total. The second-order valence-electron chi connectivity index (χ2n) is 4.89. The average molecular weight is 491 g/mol. The van der Waals surface area contributed by atoms with E-state index in [0.29, 0.717) is 6.42 Å². The first-order valence-corrected chi connectivity index (χ1v) is 8.18. The van der Waals surface area contributed by atoms with Gasteiger partial charge in [0.1, 0.15) is 12.9 Å². The highest BCUT2D eigenvalue weighted by Crippen LogP contribution is 2.18. The molecule has 0 aliphatic carbocycles. The average Bonchev–Trinajstić information content (AvgIpc) is 2.65. The number of hydrogen-bond donors (Lipinski definition) is 1. The van der Waals surface area contributed by atoms with E-state index in [1.165, 1.54) is 7.11 Å². The first-order valence-electron chi connectivity index (χ1n) is 6.02. The summed E-state index contributed by atoms with van der Waals surface area (Å²) in [5.74, 6) is -0.231. The van der Waals surface area contributed by atoms with Gasteiger partial charge in [-0.25, -0.2) is 4.98 Å². The van der Waals surface area contributed by atoms with E-state index < -0.39 is 5.54 Å². The molecule has 1 heterocycles. The van der Waals surface area contributed by atoms with Gasteiger partial charge < -0.3 is 9.30 Å². The number of nitrogens with zero attached hydrogens (tertiary/aromatic N) is 2. The summed E-state index contributed by atoms with van der Waals surface area (Å²) in [5, 5.41) is 3.29. The second kappa shape index (κ2) is 7.21. The van der Waals surface area contributed by atoms with Crippen molar-refractivity contribution in [1.82, 2.24) is 14.9 Å². The van der Waals surface area contributed by atoms with Crippen molar-refractivity contribution >= 4 is 51.2 Å². The molecule has 1 unspecified atom stereocenters. The Labute approximate surface area is 141 Å². The predicted octanol–water partition coefficient (Wildman–Crippen LogP) is 2.41. The number of nitrogens with one attached hydrogen (secondary N) is 1. The molecule has 1 rings (SSSR count). The largest absolute Gasteiger partial charge is 0.468 e. The van der Waals surface area contributed by atoms with Gasteiger partial charge in [0.05, 0.1) is 13.4 Å². The normalized spacial score (nSPS) is 14.5. The van der Waals surface area contributed by atoms with Gasteiger partial charge in [-0.05, 0) is 72.4 Å².